The molecule has 7 nitrogen and oxygen atoms in total. The highest BCUT2D eigenvalue weighted by molar-refractivity contribution is 7.14. The molecule has 0 saturated carbocycles. The number of nitrogens with one attached hydrogen (secondary N) is 2. The van der Waals surface area contributed by atoms with Gasteiger partial charge in [-0.2, -0.15) is 0 Å². The Morgan fingerprint density at radius 1 is 1.32 bits per heavy atom. The Labute approximate surface area is 152 Å². The summed E-state index contributed by atoms with van der Waals surface area (Å²) >= 11 is 7.17. The first-order valence-corrected chi connectivity index (χ1v) is 8.49. The van der Waals surface area contributed by atoms with Gasteiger partial charge in [-0.05, 0) is 24.3 Å². The maximum absolute atomic E-state index is 12.2. The number of hydrogen-bond donors (Lipinski definition) is 2. The maximum atomic E-state index is 12.2. The molecule has 3 heterocycles. The van der Waals surface area contributed by atoms with Gasteiger partial charge in [0.1, 0.15) is 16.6 Å². The molecule has 0 saturated heterocycles. The second-order valence-corrected chi connectivity index (χ2v) is 6.23. The second kappa shape index (κ2) is 7.45. The molecule has 3 aromatic rings. The molecule has 2 amide bonds. The SMILES string of the molecule is CC(=O)NCc1ccc(-c2csc(NC(=O)c3cccnc3Cl)n2)o1. The highest BCUT2D eigenvalue weighted by Gasteiger charge is 2.14. The topological polar surface area (TPSA) is 97.1 Å². The van der Waals surface area contributed by atoms with E-state index in [0.717, 1.165) is 0 Å². The average Bonchev–Trinajstić information content (AvgIpc) is 3.22. The third kappa shape index (κ3) is 4.23. The molecule has 0 aromatic carbocycles. The minimum absolute atomic E-state index is 0.130. The first kappa shape index (κ1) is 17.1. The zero-order chi connectivity index (χ0) is 17.8. The number of thiazole rings is 1. The summed E-state index contributed by atoms with van der Waals surface area (Å²) in [4.78, 5) is 31.3. The van der Waals surface area contributed by atoms with E-state index < -0.39 is 0 Å². The number of anilines is 1. The van der Waals surface area contributed by atoms with E-state index in [-0.39, 0.29) is 22.5 Å². The van der Waals surface area contributed by atoms with Gasteiger partial charge in [0.05, 0.1) is 12.1 Å². The lowest BCUT2D eigenvalue weighted by Crippen LogP contribution is -2.18. The van der Waals surface area contributed by atoms with Gasteiger partial charge in [0, 0.05) is 18.5 Å². The van der Waals surface area contributed by atoms with Crippen LogP contribution in [-0.4, -0.2) is 21.8 Å². The fourth-order valence-corrected chi connectivity index (χ4v) is 2.89. The zero-order valence-corrected chi connectivity index (χ0v) is 14.6. The van der Waals surface area contributed by atoms with E-state index in [4.69, 9.17) is 16.0 Å². The molecule has 0 fully saturated rings. The number of pyridine rings is 1. The lowest BCUT2D eigenvalue weighted by Gasteiger charge is -2.02. The van der Waals surface area contributed by atoms with E-state index in [9.17, 15) is 9.59 Å². The molecule has 25 heavy (non-hydrogen) atoms. The van der Waals surface area contributed by atoms with Crippen LogP contribution in [0.15, 0.2) is 40.3 Å². The third-order valence-corrected chi connectivity index (χ3v) is 4.21. The highest BCUT2D eigenvalue weighted by Crippen LogP contribution is 2.27. The van der Waals surface area contributed by atoms with Crippen LogP contribution in [0.25, 0.3) is 11.5 Å². The van der Waals surface area contributed by atoms with Crippen LogP contribution >= 0.6 is 22.9 Å². The van der Waals surface area contributed by atoms with Crippen molar-refractivity contribution in [3.8, 4) is 11.5 Å². The number of furan rings is 1. The molecule has 0 aliphatic heterocycles. The number of hydrogen-bond acceptors (Lipinski definition) is 6. The van der Waals surface area contributed by atoms with E-state index in [2.05, 4.69) is 20.6 Å². The molecule has 9 heteroatoms. The summed E-state index contributed by atoms with van der Waals surface area (Å²) in [5.74, 6) is 0.651. The van der Waals surface area contributed by atoms with E-state index in [1.165, 1.54) is 24.5 Å². The fourth-order valence-electron chi connectivity index (χ4n) is 1.99. The van der Waals surface area contributed by atoms with Crippen molar-refractivity contribution in [1.82, 2.24) is 15.3 Å². The number of carbonyl (C=O) groups is 2. The van der Waals surface area contributed by atoms with Crippen LogP contribution in [0.4, 0.5) is 5.13 Å². The number of carbonyl (C=O) groups excluding carboxylic acids is 2. The average molecular weight is 377 g/mol. The molecular formula is C16H13ClN4O3S. The zero-order valence-electron chi connectivity index (χ0n) is 13.1. The summed E-state index contributed by atoms with van der Waals surface area (Å²) in [7, 11) is 0. The molecule has 128 valence electrons. The Balaban J connectivity index is 1.69. The molecule has 2 N–H and O–H groups in total. The van der Waals surface area contributed by atoms with Gasteiger partial charge in [0.2, 0.25) is 5.91 Å². The van der Waals surface area contributed by atoms with E-state index in [1.807, 2.05) is 0 Å². The summed E-state index contributed by atoms with van der Waals surface area (Å²) < 4.78 is 5.63. The van der Waals surface area contributed by atoms with Crippen LogP contribution in [0.1, 0.15) is 23.0 Å². The van der Waals surface area contributed by atoms with Gasteiger partial charge in [0.15, 0.2) is 10.9 Å². The minimum atomic E-state index is -0.384. The third-order valence-electron chi connectivity index (χ3n) is 3.15. The smallest absolute Gasteiger partial charge is 0.260 e. The van der Waals surface area contributed by atoms with Crippen molar-refractivity contribution in [2.24, 2.45) is 0 Å². The molecule has 3 rings (SSSR count). The van der Waals surface area contributed by atoms with E-state index >= 15 is 0 Å². The summed E-state index contributed by atoms with van der Waals surface area (Å²) in [5, 5.41) is 7.65. The Kier molecular flexibility index (Phi) is 5.11. The Morgan fingerprint density at radius 2 is 2.16 bits per heavy atom. The second-order valence-electron chi connectivity index (χ2n) is 5.01. The van der Waals surface area contributed by atoms with Crippen LogP contribution in [0.3, 0.4) is 0 Å². The van der Waals surface area contributed by atoms with Crippen molar-refractivity contribution in [3.05, 3.63) is 52.3 Å². The quantitative estimate of drug-likeness (QED) is 0.665. The van der Waals surface area contributed by atoms with Crippen molar-refractivity contribution in [3.63, 3.8) is 0 Å². The van der Waals surface area contributed by atoms with Crippen LogP contribution in [0.5, 0.6) is 0 Å². The molecule has 0 radical (unpaired) electrons. The predicted molar refractivity (Wildman–Crippen MR) is 94.5 cm³/mol. The molecular weight excluding hydrogens is 364 g/mol. The summed E-state index contributed by atoms with van der Waals surface area (Å²) in [6, 6.07) is 6.74. The molecule has 0 spiro atoms. The van der Waals surface area contributed by atoms with Gasteiger partial charge in [0.25, 0.3) is 5.91 Å². The first-order chi connectivity index (χ1) is 12.0. The molecule has 0 atom stereocenters. The number of rotatable bonds is 5. The lowest BCUT2D eigenvalue weighted by atomic mass is 10.3. The van der Waals surface area contributed by atoms with Crippen LogP contribution in [-0.2, 0) is 11.3 Å². The Hall–Kier alpha value is -2.71. The van der Waals surface area contributed by atoms with Gasteiger partial charge in [-0.25, -0.2) is 9.97 Å². The summed E-state index contributed by atoms with van der Waals surface area (Å²) in [6.07, 6.45) is 1.51. The number of amides is 2. The highest BCUT2D eigenvalue weighted by atomic mass is 35.5. The normalized spacial score (nSPS) is 10.5. The van der Waals surface area contributed by atoms with Crippen molar-refractivity contribution >= 4 is 39.9 Å². The van der Waals surface area contributed by atoms with Crippen LogP contribution in [0.2, 0.25) is 5.15 Å². The lowest BCUT2D eigenvalue weighted by molar-refractivity contribution is -0.119. The largest absolute Gasteiger partial charge is 0.458 e. The van der Waals surface area contributed by atoms with Gasteiger partial charge in [-0.15, -0.1) is 11.3 Å². The maximum Gasteiger partial charge on any atom is 0.260 e. The van der Waals surface area contributed by atoms with Crippen molar-refractivity contribution < 1.29 is 14.0 Å². The Morgan fingerprint density at radius 3 is 2.92 bits per heavy atom. The van der Waals surface area contributed by atoms with Crippen LogP contribution in [0, 0.1) is 0 Å². The number of nitrogens with zero attached hydrogens (tertiary/aromatic N) is 2. The van der Waals surface area contributed by atoms with Crippen molar-refractivity contribution in [1.29, 1.82) is 0 Å². The molecule has 3 aromatic heterocycles. The predicted octanol–water partition coefficient (Wildman–Crippen LogP) is 3.34. The molecule has 0 aliphatic rings. The van der Waals surface area contributed by atoms with Crippen molar-refractivity contribution in [2.45, 2.75) is 13.5 Å². The molecule has 0 bridgehead atoms. The summed E-state index contributed by atoms with van der Waals surface area (Å²) in [5.41, 5.74) is 0.864. The fraction of sp³-hybridized carbons (Fsp3) is 0.125. The molecule has 0 unspecified atom stereocenters. The van der Waals surface area contributed by atoms with Gasteiger partial charge < -0.3 is 9.73 Å². The molecule has 0 aliphatic carbocycles. The minimum Gasteiger partial charge on any atom is -0.458 e. The van der Waals surface area contributed by atoms with Gasteiger partial charge in [-0.3, -0.25) is 14.9 Å². The number of halogens is 1. The van der Waals surface area contributed by atoms with Gasteiger partial charge >= 0.3 is 0 Å². The van der Waals surface area contributed by atoms with E-state index in [0.29, 0.717) is 28.9 Å². The van der Waals surface area contributed by atoms with Crippen LogP contribution < -0.4 is 10.6 Å². The standard InChI is InChI=1S/C16H13ClN4O3S/c1-9(22)19-7-10-4-5-13(24-10)12-8-25-16(20-12)21-15(23)11-3-2-6-18-14(11)17/h2-6,8H,7H2,1H3,(H,19,22)(H,20,21,23). The Bertz CT molecular complexity index is 922. The van der Waals surface area contributed by atoms with Crippen molar-refractivity contribution in [2.75, 3.05) is 5.32 Å². The van der Waals surface area contributed by atoms with Gasteiger partial charge in [-0.1, -0.05) is 11.6 Å². The monoisotopic (exact) mass is 376 g/mol. The van der Waals surface area contributed by atoms with E-state index in [1.54, 1.807) is 29.6 Å². The number of aromatic nitrogens is 2. The first-order valence-electron chi connectivity index (χ1n) is 7.24. The summed E-state index contributed by atoms with van der Waals surface area (Å²) in [6.45, 7) is 1.75.